The Morgan fingerprint density at radius 1 is 1.33 bits per heavy atom. The average molecular weight is 296 g/mol. The number of allylic oxidation sites excluding steroid dienone is 2. The van der Waals surface area contributed by atoms with Crippen molar-refractivity contribution in [1.29, 1.82) is 0 Å². The van der Waals surface area contributed by atoms with Crippen LogP contribution in [0, 0.1) is 0 Å². The van der Waals surface area contributed by atoms with Crippen LogP contribution in [0.25, 0.3) is 0 Å². The Morgan fingerprint density at radius 2 is 1.95 bits per heavy atom. The number of carbonyl (C=O) groups is 1. The average Bonchev–Trinajstić information content (AvgIpc) is 2.39. The van der Waals surface area contributed by atoms with Crippen LogP contribution < -0.4 is 5.32 Å². The van der Waals surface area contributed by atoms with E-state index in [4.69, 9.17) is 9.47 Å². The van der Waals surface area contributed by atoms with Crippen LogP contribution in [-0.4, -0.2) is 31.1 Å². The summed E-state index contributed by atoms with van der Waals surface area (Å²) in [7, 11) is 1.56. The molecule has 0 bridgehead atoms. The molecule has 120 valence electrons. The van der Waals surface area contributed by atoms with E-state index in [1.54, 1.807) is 13.2 Å². The van der Waals surface area contributed by atoms with Gasteiger partial charge >= 0.3 is 6.09 Å². The highest BCUT2D eigenvalue weighted by Gasteiger charge is 2.16. The zero-order valence-corrected chi connectivity index (χ0v) is 14.2. The molecule has 0 atom stereocenters. The summed E-state index contributed by atoms with van der Waals surface area (Å²) in [5.41, 5.74) is 1.37. The number of hydrogen-bond acceptors (Lipinski definition) is 4. The summed E-state index contributed by atoms with van der Waals surface area (Å²) in [6.07, 6.45) is 4.17. The van der Waals surface area contributed by atoms with Crippen LogP contribution in [0.1, 0.15) is 48.0 Å². The van der Waals surface area contributed by atoms with E-state index in [0.29, 0.717) is 5.88 Å². The molecule has 5 heteroatoms. The topological polar surface area (TPSA) is 59.9 Å². The largest absolute Gasteiger partial charge is 0.481 e. The van der Waals surface area contributed by atoms with E-state index < -0.39 is 11.7 Å². The Hall–Kier alpha value is -1.78. The van der Waals surface area contributed by atoms with Gasteiger partial charge in [0.05, 0.1) is 19.4 Å². The van der Waals surface area contributed by atoms with Gasteiger partial charge in [0, 0.05) is 0 Å². The lowest BCUT2D eigenvalue weighted by molar-refractivity contribution is 0.0536. The van der Waals surface area contributed by atoms with Gasteiger partial charge < -0.3 is 14.8 Å². The number of aliphatic imine (C=N–C) groups is 1. The predicted molar refractivity (Wildman–Crippen MR) is 86.5 cm³/mol. The van der Waals surface area contributed by atoms with Crippen LogP contribution in [0.4, 0.5) is 4.79 Å². The molecular formula is C16H28N2O3. The number of amides is 1. The van der Waals surface area contributed by atoms with E-state index in [0.717, 1.165) is 12.1 Å². The maximum atomic E-state index is 11.7. The number of nitrogens with one attached hydrogen (secondary N) is 1. The number of ether oxygens (including phenoxy) is 2. The van der Waals surface area contributed by atoms with Gasteiger partial charge in [0.15, 0.2) is 0 Å². The van der Waals surface area contributed by atoms with Crippen molar-refractivity contribution in [2.45, 2.75) is 53.6 Å². The van der Waals surface area contributed by atoms with Crippen molar-refractivity contribution >= 4 is 11.8 Å². The van der Waals surface area contributed by atoms with Gasteiger partial charge in [0.2, 0.25) is 5.88 Å². The highest BCUT2D eigenvalue weighted by molar-refractivity contribution is 5.99. The molecule has 0 aromatic heterocycles. The lowest BCUT2D eigenvalue weighted by Crippen LogP contribution is -2.35. The lowest BCUT2D eigenvalue weighted by Gasteiger charge is -2.19. The minimum absolute atomic E-state index is 0.285. The molecule has 0 radical (unpaired) electrons. The van der Waals surface area contributed by atoms with Gasteiger partial charge in [-0.25, -0.2) is 9.79 Å². The van der Waals surface area contributed by atoms with E-state index in [9.17, 15) is 4.79 Å². The van der Waals surface area contributed by atoms with E-state index >= 15 is 0 Å². The van der Waals surface area contributed by atoms with Crippen LogP contribution >= 0.6 is 0 Å². The second kappa shape index (κ2) is 9.21. The molecule has 0 saturated carbocycles. The number of alkyl carbamates (subject to hydrolysis) is 1. The third-order valence-corrected chi connectivity index (χ3v) is 2.49. The first-order valence-electron chi connectivity index (χ1n) is 7.13. The van der Waals surface area contributed by atoms with E-state index in [2.05, 4.69) is 17.2 Å². The zero-order chi connectivity index (χ0) is 16.5. The van der Waals surface area contributed by atoms with Crippen molar-refractivity contribution in [3.63, 3.8) is 0 Å². The summed E-state index contributed by atoms with van der Waals surface area (Å²) in [6, 6.07) is 0. The molecule has 1 amide bonds. The number of nitrogens with zero attached hydrogens (tertiary/aromatic N) is 1. The molecule has 0 aromatic rings. The van der Waals surface area contributed by atoms with Crippen molar-refractivity contribution in [2.24, 2.45) is 4.99 Å². The summed E-state index contributed by atoms with van der Waals surface area (Å²) < 4.78 is 10.3. The highest BCUT2D eigenvalue weighted by atomic mass is 16.6. The van der Waals surface area contributed by atoms with Gasteiger partial charge in [-0.1, -0.05) is 12.5 Å². The van der Waals surface area contributed by atoms with E-state index in [-0.39, 0.29) is 6.54 Å². The predicted octanol–water partition coefficient (Wildman–Crippen LogP) is 3.82. The van der Waals surface area contributed by atoms with Gasteiger partial charge in [0.25, 0.3) is 0 Å². The lowest BCUT2D eigenvalue weighted by atomic mass is 10.2. The van der Waals surface area contributed by atoms with Gasteiger partial charge in [-0.15, -0.1) is 0 Å². The van der Waals surface area contributed by atoms with Crippen LogP contribution in [0.15, 0.2) is 28.6 Å². The Morgan fingerprint density at radius 3 is 2.38 bits per heavy atom. The van der Waals surface area contributed by atoms with Crippen molar-refractivity contribution in [3.8, 4) is 0 Å². The van der Waals surface area contributed by atoms with Gasteiger partial charge in [0.1, 0.15) is 5.60 Å². The molecule has 0 aliphatic carbocycles. The third kappa shape index (κ3) is 9.71. The summed E-state index contributed by atoms with van der Waals surface area (Å²) in [4.78, 5) is 16.1. The summed E-state index contributed by atoms with van der Waals surface area (Å²) in [5.74, 6) is 0.510. The first-order valence-corrected chi connectivity index (χ1v) is 7.13. The molecule has 21 heavy (non-hydrogen) atoms. The molecule has 0 fully saturated rings. The second-order valence-corrected chi connectivity index (χ2v) is 5.63. The second-order valence-electron chi connectivity index (χ2n) is 5.63. The van der Waals surface area contributed by atoms with Gasteiger partial charge in [-0.05, 0) is 53.2 Å². The molecular weight excluding hydrogens is 268 g/mol. The Bertz CT molecular complexity index is 429. The fourth-order valence-corrected chi connectivity index (χ4v) is 1.36. The molecule has 0 heterocycles. The van der Waals surface area contributed by atoms with Gasteiger partial charge in [-0.2, -0.15) is 0 Å². The molecule has 0 saturated heterocycles. The molecule has 0 aliphatic rings. The summed E-state index contributed by atoms with van der Waals surface area (Å²) in [6.45, 7) is 11.7. The smallest absolute Gasteiger partial charge is 0.407 e. The number of hydrogen-bond donors (Lipinski definition) is 1. The van der Waals surface area contributed by atoms with Crippen LogP contribution in [0.5, 0.6) is 0 Å². The molecule has 0 aliphatic heterocycles. The fourth-order valence-electron chi connectivity index (χ4n) is 1.36. The number of rotatable bonds is 6. The van der Waals surface area contributed by atoms with Crippen molar-refractivity contribution < 1.29 is 14.3 Å². The maximum absolute atomic E-state index is 11.7. The van der Waals surface area contributed by atoms with Crippen molar-refractivity contribution in [1.82, 2.24) is 5.32 Å². The number of methoxy groups -OCH3 is 1. The standard InChI is InChI=1S/C16H28N2O3/c1-8-12(3)10-13(18-14(9-2)20-7)11-17-15(19)21-16(4,5)6/h9-10H,8,11H2,1-7H3,(H,17,19)/b12-10+,14-9+,18-13+. The quantitative estimate of drug-likeness (QED) is 0.599. The van der Waals surface area contributed by atoms with Crippen LogP contribution in [0.3, 0.4) is 0 Å². The molecule has 5 nitrogen and oxygen atoms in total. The van der Waals surface area contributed by atoms with Crippen molar-refractivity contribution in [2.75, 3.05) is 13.7 Å². The third-order valence-electron chi connectivity index (χ3n) is 2.49. The Balaban J connectivity index is 4.90. The SMILES string of the molecule is C\C=C(/N=C(\C=C(/C)CC)CNC(=O)OC(C)(C)C)OC. The van der Waals surface area contributed by atoms with Crippen molar-refractivity contribution in [3.05, 3.63) is 23.6 Å². The maximum Gasteiger partial charge on any atom is 0.407 e. The molecule has 1 N–H and O–H groups in total. The molecule has 0 aromatic carbocycles. The summed E-state index contributed by atoms with van der Waals surface area (Å²) >= 11 is 0. The minimum Gasteiger partial charge on any atom is -0.481 e. The first-order chi connectivity index (χ1) is 9.71. The van der Waals surface area contributed by atoms with Crippen LogP contribution in [-0.2, 0) is 9.47 Å². The fraction of sp³-hybridized carbons (Fsp3) is 0.625. The molecule has 0 unspecified atom stereocenters. The summed E-state index contributed by atoms with van der Waals surface area (Å²) in [5, 5.41) is 2.70. The Labute approximate surface area is 128 Å². The number of carbonyl (C=O) groups excluding carboxylic acids is 1. The normalized spacial score (nSPS) is 14.0. The molecule has 0 spiro atoms. The zero-order valence-electron chi connectivity index (χ0n) is 14.2. The minimum atomic E-state index is -0.516. The highest BCUT2D eigenvalue weighted by Crippen LogP contribution is 2.07. The van der Waals surface area contributed by atoms with Gasteiger partial charge in [-0.3, -0.25) is 0 Å². The molecule has 0 rings (SSSR count). The first kappa shape index (κ1) is 19.2. The Kier molecular flexibility index (Phi) is 8.43. The van der Waals surface area contributed by atoms with Crippen LogP contribution in [0.2, 0.25) is 0 Å². The monoisotopic (exact) mass is 296 g/mol. The van der Waals surface area contributed by atoms with E-state index in [1.807, 2.05) is 40.7 Å². The van der Waals surface area contributed by atoms with E-state index in [1.165, 1.54) is 5.57 Å².